The Labute approximate surface area is 358 Å². The van der Waals surface area contributed by atoms with Gasteiger partial charge in [0, 0.05) is 57.5 Å². The van der Waals surface area contributed by atoms with Crippen molar-refractivity contribution in [2.24, 2.45) is 0 Å². The SMILES string of the molecule is c1ccc(-c2c(-c3ccccc3)n(-c3ccc(-c4nc5ccccn5c4-c4ccccc4)cc3)c3ccc4c5ccc(-c6cccc(-c7ccncc7)n6)cc5ccc4c23)cc1. The summed E-state index contributed by atoms with van der Waals surface area (Å²) in [5, 5.41) is 6.03. The van der Waals surface area contributed by atoms with E-state index in [1.54, 1.807) is 0 Å². The fraction of sp³-hybridized carbons (Fsp3) is 0. The molecule has 0 aliphatic carbocycles. The minimum atomic E-state index is 0.920. The standard InChI is InChI=1S/C57H37N5/c1-4-13-39(14-5-1)53-54-48-29-24-43-37-44(50-20-12-19-49(59-50)38-32-34-58-35-33-38)25-28-46(43)47(48)30-31-51(54)62(56(53)41-15-6-2-7-16-41)45-26-22-40(23-27-45)55-57(42-17-8-3-9-18-42)61-36-11-10-21-52(61)60-55/h1-37H. The molecule has 0 aliphatic heterocycles. The maximum atomic E-state index is 5.17. The van der Waals surface area contributed by atoms with Gasteiger partial charge in [-0.1, -0.05) is 146 Å². The summed E-state index contributed by atoms with van der Waals surface area (Å²) in [4.78, 5) is 14.4. The Morgan fingerprint density at radius 3 is 1.76 bits per heavy atom. The molecule has 5 heterocycles. The minimum Gasteiger partial charge on any atom is -0.309 e. The van der Waals surface area contributed by atoms with E-state index >= 15 is 0 Å². The lowest BCUT2D eigenvalue weighted by Crippen LogP contribution is -1.98. The number of rotatable bonds is 7. The first-order valence-electron chi connectivity index (χ1n) is 20.9. The van der Waals surface area contributed by atoms with E-state index in [-0.39, 0.29) is 0 Å². The van der Waals surface area contributed by atoms with Gasteiger partial charge in [-0.05, 0) is 93.3 Å². The predicted molar refractivity (Wildman–Crippen MR) is 255 cm³/mol. The van der Waals surface area contributed by atoms with Crippen LogP contribution in [0, 0.1) is 0 Å². The Kier molecular flexibility index (Phi) is 8.42. The van der Waals surface area contributed by atoms with Gasteiger partial charge in [-0.15, -0.1) is 0 Å². The fourth-order valence-electron chi connectivity index (χ4n) is 9.23. The van der Waals surface area contributed by atoms with Crippen LogP contribution in [0.15, 0.2) is 225 Å². The van der Waals surface area contributed by atoms with Gasteiger partial charge >= 0.3 is 0 Å². The quantitative estimate of drug-likeness (QED) is 0.151. The summed E-state index contributed by atoms with van der Waals surface area (Å²) in [6.45, 7) is 0. The van der Waals surface area contributed by atoms with Gasteiger partial charge in [0.1, 0.15) is 5.65 Å². The van der Waals surface area contributed by atoms with Crippen molar-refractivity contribution in [3.8, 4) is 73.1 Å². The summed E-state index contributed by atoms with van der Waals surface area (Å²) < 4.78 is 4.64. The first-order chi connectivity index (χ1) is 30.8. The predicted octanol–water partition coefficient (Wildman–Crippen LogP) is 14.4. The number of fused-ring (bicyclic) bond motifs is 6. The van der Waals surface area contributed by atoms with Gasteiger partial charge in [0.2, 0.25) is 0 Å². The second-order valence-electron chi connectivity index (χ2n) is 15.6. The summed E-state index contributed by atoms with van der Waals surface area (Å²) >= 11 is 0. The lowest BCUT2D eigenvalue weighted by molar-refractivity contribution is 1.14. The molecule has 5 nitrogen and oxygen atoms in total. The lowest BCUT2D eigenvalue weighted by Gasteiger charge is -2.14. The second-order valence-corrected chi connectivity index (χ2v) is 15.6. The first-order valence-corrected chi connectivity index (χ1v) is 20.9. The van der Waals surface area contributed by atoms with Crippen LogP contribution < -0.4 is 0 Å². The molecule has 7 aromatic carbocycles. The van der Waals surface area contributed by atoms with Gasteiger partial charge in [-0.25, -0.2) is 9.97 Å². The van der Waals surface area contributed by atoms with Crippen LogP contribution >= 0.6 is 0 Å². The Morgan fingerprint density at radius 1 is 0.387 bits per heavy atom. The molecule has 62 heavy (non-hydrogen) atoms. The first kappa shape index (κ1) is 35.5. The third-order valence-electron chi connectivity index (χ3n) is 12.1. The minimum absolute atomic E-state index is 0.920. The largest absolute Gasteiger partial charge is 0.309 e. The highest BCUT2D eigenvalue weighted by Gasteiger charge is 2.24. The summed E-state index contributed by atoms with van der Waals surface area (Å²) in [5.41, 5.74) is 16.1. The van der Waals surface area contributed by atoms with E-state index in [1.807, 2.05) is 30.6 Å². The fourth-order valence-corrected chi connectivity index (χ4v) is 9.23. The number of benzene rings is 7. The van der Waals surface area contributed by atoms with Crippen LogP contribution in [0.3, 0.4) is 0 Å². The number of hydrogen-bond acceptors (Lipinski definition) is 3. The third-order valence-corrected chi connectivity index (χ3v) is 12.1. The third kappa shape index (κ3) is 5.90. The van der Waals surface area contributed by atoms with E-state index in [4.69, 9.17) is 9.97 Å². The highest BCUT2D eigenvalue weighted by Crippen LogP contribution is 2.47. The Bertz CT molecular complexity index is 3590. The molecule has 12 rings (SSSR count). The van der Waals surface area contributed by atoms with E-state index in [0.29, 0.717) is 0 Å². The maximum absolute atomic E-state index is 5.17. The van der Waals surface area contributed by atoms with Crippen LogP contribution in [0.5, 0.6) is 0 Å². The zero-order chi connectivity index (χ0) is 41.0. The average Bonchev–Trinajstić information content (AvgIpc) is 3.92. The Morgan fingerprint density at radius 2 is 1.02 bits per heavy atom. The molecule has 5 aromatic heterocycles. The summed E-state index contributed by atoms with van der Waals surface area (Å²) in [5.74, 6) is 0. The number of hydrogen-bond donors (Lipinski definition) is 0. The van der Waals surface area contributed by atoms with Crippen molar-refractivity contribution >= 4 is 38.1 Å². The maximum Gasteiger partial charge on any atom is 0.137 e. The Hall–Kier alpha value is -8.41. The van der Waals surface area contributed by atoms with Crippen molar-refractivity contribution in [1.29, 1.82) is 0 Å². The molecule has 0 saturated carbocycles. The number of aromatic nitrogens is 5. The highest BCUT2D eigenvalue weighted by molar-refractivity contribution is 6.23. The molecular formula is C57H37N5. The zero-order valence-electron chi connectivity index (χ0n) is 33.6. The highest BCUT2D eigenvalue weighted by atomic mass is 15.0. The molecule has 0 radical (unpaired) electrons. The zero-order valence-corrected chi connectivity index (χ0v) is 33.6. The molecule has 0 fully saturated rings. The molecule has 0 saturated heterocycles. The van der Waals surface area contributed by atoms with E-state index in [1.165, 1.54) is 38.1 Å². The number of imidazole rings is 1. The van der Waals surface area contributed by atoms with E-state index in [9.17, 15) is 0 Å². The number of nitrogens with zero attached hydrogens (tertiary/aromatic N) is 5. The summed E-state index contributed by atoms with van der Waals surface area (Å²) in [6.07, 6.45) is 5.71. The van der Waals surface area contributed by atoms with Crippen LogP contribution in [0.4, 0.5) is 0 Å². The molecular weight excluding hydrogens is 755 g/mol. The van der Waals surface area contributed by atoms with Crippen molar-refractivity contribution < 1.29 is 0 Å². The molecule has 290 valence electrons. The van der Waals surface area contributed by atoms with E-state index < -0.39 is 0 Å². The lowest BCUT2D eigenvalue weighted by atomic mass is 9.93. The molecule has 0 bridgehead atoms. The molecule has 0 N–H and O–H groups in total. The van der Waals surface area contributed by atoms with Crippen molar-refractivity contribution in [1.82, 2.24) is 23.9 Å². The molecule has 12 aromatic rings. The molecule has 0 unspecified atom stereocenters. The summed E-state index contributed by atoms with van der Waals surface area (Å²) in [6, 6.07) is 73.5. The smallest absolute Gasteiger partial charge is 0.137 e. The van der Waals surface area contributed by atoms with Crippen molar-refractivity contribution in [3.63, 3.8) is 0 Å². The second kappa shape index (κ2) is 14.7. The summed E-state index contributed by atoms with van der Waals surface area (Å²) in [7, 11) is 0. The normalized spacial score (nSPS) is 11.5. The number of pyridine rings is 3. The Balaban J connectivity index is 1.06. The molecule has 0 atom stereocenters. The van der Waals surface area contributed by atoms with Gasteiger partial charge in [0.05, 0.1) is 34.0 Å². The monoisotopic (exact) mass is 791 g/mol. The van der Waals surface area contributed by atoms with E-state index in [2.05, 4.69) is 208 Å². The topological polar surface area (TPSA) is 48.0 Å². The van der Waals surface area contributed by atoms with Crippen molar-refractivity contribution in [2.75, 3.05) is 0 Å². The molecule has 0 aliphatic rings. The molecule has 5 heteroatoms. The van der Waals surface area contributed by atoms with Crippen LogP contribution in [0.25, 0.3) is 111 Å². The van der Waals surface area contributed by atoms with Crippen LogP contribution in [0.1, 0.15) is 0 Å². The van der Waals surface area contributed by atoms with Gasteiger partial charge in [0.25, 0.3) is 0 Å². The van der Waals surface area contributed by atoms with Crippen LogP contribution in [-0.4, -0.2) is 23.9 Å². The van der Waals surface area contributed by atoms with Crippen molar-refractivity contribution in [2.45, 2.75) is 0 Å². The van der Waals surface area contributed by atoms with E-state index in [0.717, 1.165) is 73.1 Å². The van der Waals surface area contributed by atoms with Gasteiger partial charge in [-0.3, -0.25) is 9.38 Å². The van der Waals surface area contributed by atoms with Crippen molar-refractivity contribution in [3.05, 3.63) is 225 Å². The average molecular weight is 792 g/mol. The van der Waals surface area contributed by atoms with Crippen LogP contribution in [-0.2, 0) is 0 Å². The van der Waals surface area contributed by atoms with Crippen LogP contribution in [0.2, 0.25) is 0 Å². The van der Waals surface area contributed by atoms with Gasteiger partial charge in [-0.2, -0.15) is 0 Å². The molecule has 0 amide bonds. The van der Waals surface area contributed by atoms with Gasteiger partial charge < -0.3 is 4.57 Å². The van der Waals surface area contributed by atoms with Gasteiger partial charge in [0.15, 0.2) is 0 Å². The molecule has 0 spiro atoms.